The molecule has 126 valence electrons. The number of carbonyl (C=O) groups excluding carboxylic acids is 2. The van der Waals surface area contributed by atoms with Crippen molar-refractivity contribution in [2.75, 3.05) is 6.61 Å². The number of hydrogen-bond acceptors (Lipinski definition) is 4. The monoisotopic (exact) mass is 310 g/mol. The van der Waals surface area contributed by atoms with Gasteiger partial charge < -0.3 is 9.47 Å². The van der Waals surface area contributed by atoms with Gasteiger partial charge in [0.1, 0.15) is 6.10 Å². The summed E-state index contributed by atoms with van der Waals surface area (Å²) in [5, 5.41) is 0. The molecule has 5 unspecified atom stereocenters. The zero-order valence-corrected chi connectivity index (χ0v) is 14.2. The predicted octanol–water partition coefficient (Wildman–Crippen LogP) is 3.72. The molecule has 0 amide bonds. The lowest BCUT2D eigenvalue weighted by Gasteiger charge is -2.39. The van der Waals surface area contributed by atoms with E-state index in [-0.39, 0.29) is 36.5 Å². The number of hydrogen-bond donors (Lipinski definition) is 0. The van der Waals surface area contributed by atoms with Gasteiger partial charge in [-0.15, -0.1) is 0 Å². The Labute approximate surface area is 133 Å². The molecule has 0 aromatic heterocycles. The normalized spacial score (nSPS) is 30.8. The first-order valence-corrected chi connectivity index (χ1v) is 8.81. The van der Waals surface area contributed by atoms with Crippen molar-refractivity contribution in [2.24, 2.45) is 23.7 Å². The van der Waals surface area contributed by atoms with Gasteiger partial charge in [-0.2, -0.15) is 0 Å². The third-order valence-electron chi connectivity index (χ3n) is 5.55. The lowest BCUT2D eigenvalue weighted by molar-refractivity contribution is -0.160. The average molecular weight is 310 g/mol. The van der Waals surface area contributed by atoms with Gasteiger partial charge in [-0.25, -0.2) is 0 Å². The SMILES string of the molecule is CC(=O)OCC(C)C(C)C(=O)OC1CCC2CCCCC2C1. The first-order chi connectivity index (χ1) is 10.5. The molecule has 0 saturated heterocycles. The van der Waals surface area contributed by atoms with Gasteiger partial charge in [-0.05, 0) is 31.1 Å². The Hall–Kier alpha value is -1.06. The lowest BCUT2D eigenvalue weighted by Crippen LogP contribution is -2.35. The molecule has 0 bridgehead atoms. The summed E-state index contributed by atoms with van der Waals surface area (Å²) in [6.07, 6.45) is 8.72. The summed E-state index contributed by atoms with van der Waals surface area (Å²) in [5.41, 5.74) is 0. The molecular weight excluding hydrogens is 280 g/mol. The highest BCUT2D eigenvalue weighted by molar-refractivity contribution is 5.72. The van der Waals surface area contributed by atoms with E-state index < -0.39 is 0 Å². The Balaban J connectivity index is 1.77. The molecule has 2 aliphatic carbocycles. The first-order valence-electron chi connectivity index (χ1n) is 8.81. The Bertz CT molecular complexity index is 393. The van der Waals surface area contributed by atoms with Gasteiger partial charge in [0.15, 0.2) is 0 Å². The van der Waals surface area contributed by atoms with Crippen LogP contribution in [-0.4, -0.2) is 24.6 Å². The van der Waals surface area contributed by atoms with E-state index in [1.807, 2.05) is 13.8 Å². The zero-order valence-electron chi connectivity index (χ0n) is 14.2. The summed E-state index contributed by atoms with van der Waals surface area (Å²) < 4.78 is 10.7. The topological polar surface area (TPSA) is 52.6 Å². The highest BCUT2D eigenvalue weighted by Crippen LogP contribution is 2.41. The fraction of sp³-hybridized carbons (Fsp3) is 0.889. The van der Waals surface area contributed by atoms with Crippen LogP contribution in [0.5, 0.6) is 0 Å². The summed E-state index contributed by atoms with van der Waals surface area (Å²) in [5.74, 6) is 0.936. The van der Waals surface area contributed by atoms with Crippen molar-refractivity contribution in [3.63, 3.8) is 0 Å². The van der Waals surface area contributed by atoms with E-state index in [0.29, 0.717) is 0 Å². The summed E-state index contributed by atoms with van der Waals surface area (Å²) in [7, 11) is 0. The van der Waals surface area contributed by atoms with Crippen molar-refractivity contribution in [1.29, 1.82) is 0 Å². The van der Waals surface area contributed by atoms with Gasteiger partial charge >= 0.3 is 11.9 Å². The van der Waals surface area contributed by atoms with Gasteiger partial charge in [0.25, 0.3) is 0 Å². The van der Waals surface area contributed by atoms with Gasteiger partial charge in [-0.1, -0.05) is 39.5 Å². The lowest BCUT2D eigenvalue weighted by atomic mass is 9.70. The molecule has 2 rings (SSSR count). The smallest absolute Gasteiger partial charge is 0.309 e. The standard InChI is InChI=1S/C18H30O4/c1-12(11-21-14(3)19)13(2)18(20)22-17-9-8-15-6-4-5-7-16(15)10-17/h12-13,15-17H,4-11H2,1-3H3. The van der Waals surface area contributed by atoms with Gasteiger partial charge in [0, 0.05) is 12.8 Å². The zero-order chi connectivity index (χ0) is 16.1. The second kappa shape index (κ2) is 7.98. The number of rotatable bonds is 5. The van der Waals surface area contributed by atoms with Crippen molar-refractivity contribution < 1.29 is 19.1 Å². The highest BCUT2D eigenvalue weighted by atomic mass is 16.5. The van der Waals surface area contributed by atoms with Crippen LogP contribution >= 0.6 is 0 Å². The molecule has 5 atom stereocenters. The minimum Gasteiger partial charge on any atom is -0.466 e. The van der Waals surface area contributed by atoms with Crippen LogP contribution in [0.4, 0.5) is 0 Å². The van der Waals surface area contributed by atoms with Crippen LogP contribution in [0.15, 0.2) is 0 Å². The van der Waals surface area contributed by atoms with Gasteiger partial charge in [0.05, 0.1) is 12.5 Å². The van der Waals surface area contributed by atoms with E-state index in [0.717, 1.165) is 24.7 Å². The summed E-state index contributed by atoms with van der Waals surface area (Å²) in [4.78, 5) is 23.1. The predicted molar refractivity (Wildman–Crippen MR) is 84.1 cm³/mol. The van der Waals surface area contributed by atoms with Crippen molar-refractivity contribution in [3.8, 4) is 0 Å². The molecule has 0 spiro atoms. The molecule has 2 fully saturated rings. The number of fused-ring (bicyclic) bond motifs is 1. The first kappa shape index (κ1) is 17.3. The number of ether oxygens (including phenoxy) is 2. The van der Waals surface area contributed by atoms with E-state index in [9.17, 15) is 9.59 Å². The molecule has 0 aromatic rings. The minimum absolute atomic E-state index is 0.0116. The maximum atomic E-state index is 12.3. The van der Waals surface area contributed by atoms with Gasteiger partial charge in [0.2, 0.25) is 0 Å². The second-order valence-electron chi connectivity index (χ2n) is 7.25. The van der Waals surface area contributed by atoms with Crippen LogP contribution in [0.1, 0.15) is 65.7 Å². The molecule has 0 N–H and O–H groups in total. The average Bonchev–Trinajstić information content (AvgIpc) is 2.51. The van der Waals surface area contributed by atoms with E-state index >= 15 is 0 Å². The largest absolute Gasteiger partial charge is 0.466 e. The molecule has 0 radical (unpaired) electrons. The van der Waals surface area contributed by atoms with Crippen LogP contribution < -0.4 is 0 Å². The van der Waals surface area contributed by atoms with Crippen molar-refractivity contribution in [3.05, 3.63) is 0 Å². The molecule has 0 heterocycles. The van der Waals surface area contributed by atoms with Crippen LogP contribution in [-0.2, 0) is 19.1 Å². The number of esters is 2. The van der Waals surface area contributed by atoms with E-state index in [2.05, 4.69) is 0 Å². The Morgan fingerprint density at radius 1 is 1.05 bits per heavy atom. The molecule has 4 heteroatoms. The maximum absolute atomic E-state index is 12.3. The fourth-order valence-corrected chi connectivity index (χ4v) is 3.83. The van der Waals surface area contributed by atoms with Crippen molar-refractivity contribution in [2.45, 2.75) is 71.8 Å². The molecule has 4 nitrogen and oxygen atoms in total. The Kier molecular flexibility index (Phi) is 6.27. The highest BCUT2D eigenvalue weighted by Gasteiger charge is 2.34. The van der Waals surface area contributed by atoms with Crippen molar-refractivity contribution >= 4 is 11.9 Å². The summed E-state index contributed by atoms with van der Waals surface area (Å²) in [6.45, 7) is 5.45. The van der Waals surface area contributed by atoms with Crippen molar-refractivity contribution in [1.82, 2.24) is 0 Å². The molecule has 22 heavy (non-hydrogen) atoms. The van der Waals surface area contributed by atoms with Crippen LogP contribution in [0.2, 0.25) is 0 Å². The van der Waals surface area contributed by atoms with E-state index in [1.54, 1.807) is 0 Å². The third-order valence-corrected chi connectivity index (χ3v) is 5.55. The van der Waals surface area contributed by atoms with Crippen LogP contribution in [0.3, 0.4) is 0 Å². The Morgan fingerprint density at radius 3 is 2.41 bits per heavy atom. The maximum Gasteiger partial charge on any atom is 0.309 e. The molecule has 0 aliphatic heterocycles. The minimum atomic E-state index is -0.303. The van der Waals surface area contributed by atoms with E-state index in [1.165, 1.54) is 39.0 Å². The summed E-state index contributed by atoms with van der Waals surface area (Å²) >= 11 is 0. The molecule has 2 aliphatic rings. The van der Waals surface area contributed by atoms with Crippen LogP contribution in [0, 0.1) is 23.7 Å². The summed E-state index contributed by atoms with van der Waals surface area (Å²) in [6, 6.07) is 0. The molecular formula is C18H30O4. The quantitative estimate of drug-likeness (QED) is 0.726. The van der Waals surface area contributed by atoms with Gasteiger partial charge in [-0.3, -0.25) is 9.59 Å². The van der Waals surface area contributed by atoms with Crippen LogP contribution in [0.25, 0.3) is 0 Å². The third kappa shape index (κ3) is 4.72. The molecule has 0 aromatic carbocycles. The fourth-order valence-electron chi connectivity index (χ4n) is 3.83. The Morgan fingerprint density at radius 2 is 1.73 bits per heavy atom. The number of carbonyl (C=O) groups is 2. The molecule has 2 saturated carbocycles. The van der Waals surface area contributed by atoms with E-state index in [4.69, 9.17) is 9.47 Å². The second-order valence-corrected chi connectivity index (χ2v) is 7.25.